The minimum absolute atomic E-state index is 0.0788. The quantitative estimate of drug-likeness (QED) is 0.717. The van der Waals surface area contributed by atoms with Gasteiger partial charge in [-0.3, -0.25) is 4.79 Å². The molecule has 3 nitrogen and oxygen atoms in total. The molecule has 0 aliphatic carbocycles. The van der Waals surface area contributed by atoms with Gasteiger partial charge in [0, 0.05) is 0 Å². The highest BCUT2D eigenvalue weighted by Gasteiger charge is 2.43. The number of halogens is 1. The van der Waals surface area contributed by atoms with Gasteiger partial charge in [0.2, 0.25) is 0 Å². The number of rotatable bonds is 3. The molecular weight excluding hydrogens is 238 g/mol. The van der Waals surface area contributed by atoms with Gasteiger partial charge in [-0.05, 0) is 18.1 Å². The molecule has 98 valence electrons. The SMILES string of the molecule is B[C@@H]1O[C@H](CO[Si](C)(C)C(C)(C)C)C(=O)[C@H]1F. The molecule has 1 fully saturated rings. The van der Waals surface area contributed by atoms with Crippen molar-refractivity contribution in [3.63, 3.8) is 0 Å². The third-order valence-electron chi connectivity index (χ3n) is 3.78. The summed E-state index contributed by atoms with van der Waals surface area (Å²) in [5.74, 6) is -0.476. The van der Waals surface area contributed by atoms with Crippen molar-refractivity contribution >= 4 is 21.9 Å². The number of hydrogen-bond acceptors (Lipinski definition) is 3. The van der Waals surface area contributed by atoms with Crippen molar-refractivity contribution in [3.8, 4) is 0 Å². The molecule has 0 saturated carbocycles. The van der Waals surface area contributed by atoms with Gasteiger partial charge in [-0.2, -0.15) is 0 Å². The number of alkyl halides is 1. The summed E-state index contributed by atoms with van der Waals surface area (Å²) in [5, 5.41) is 0.0788. The average molecular weight is 260 g/mol. The van der Waals surface area contributed by atoms with E-state index >= 15 is 0 Å². The van der Waals surface area contributed by atoms with E-state index in [9.17, 15) is 9.18 Å². The van der Waals surface area contributed by atoms with Gasteiger partial charge in [0.05, 0.1) is 12.6 Å². The van der Waals surface area contributed by atoms with Crippen molar-refractivity contribution in [2.75, 3.05) is 6.61 Å². The molecule has 1 aliphatic heterocycles. The Morgan fingerprint density at radius 1 is 1.47 bits per heavy atom. The fourth-order valence-electron chi connectivity index (χ4n) is 1.43. The molecule has 0 unspecified atom stereocenters. The van der Waals surface area contributed by atoms with E-state index in [1.807, 2.05) is 0 Å². The number of hydrogen-bond donors (Lipinski definition) is 0. The van der Waals surface area contributed by atoms with E-state index in [0.717, 1.165) is 0 Å². The van der Waals surface area contributed by atoms with Crippen LogP contribution >= 0.6 is 0 Å². The Bertz CT molecular complexity index is 304. The van der Waals surface area contributed by atoms with Crippen LogP contribution in [0.4, 0.5) is 4.39 Å². The minimum Gasteiger partial charge on any atom is -0.414 e. The number of Topliss-reactive ketones (excluding diaryl/α,β-unsaturated/α-hetero) is 1. The lowest BCUT2D eigenvalue weighted by molar-refractivity contribution is -0.126. The normalized spacial score (nSPS) is 30.9. The van der Waals surface area contributed by atoms with Gasteiger partial charge in [-0.15, -0.1) is 0 Å². The maximum atomic E-state index is 13.3. The zero-order chi connectivity index (χ0) is 13.4. The first-order chi connectivity index (χ1) is 7.56. The predicted molar refractivity (Wildman–Crippen MR) is 70.3 cm³/mol. The van der Waals surface area contributed by atoms with Crippen LogP contribution in [0.5, 0.6) is 0 Å². The molecule has 0 aromatic heterocycles. The fourth-order valence-corrected chi connectivity index (χ4v) is 2.43. The summed E-state index contributed by atoms with van der Waals surface area (Å²) in [6.45, 7) is 10.7. The molecule has 0 bridgehead atoms. The molecule has 17 heavy (non-hydrogen) atoms. The van der Waals surface area contributed by atoms with Crippen LogP contribution in [-0.2, 0) is 14.0 Å². The van der Waals surface area contributed by atoms with Crippen molar-refractivity contribution < 1.29 is 18.3 Å². The van der Waals surface area contributed by atoms with Crippen LogP contribution < -0.4 is 0 Å². The van der Waals surface area contributed by atoms with Crippen LogP contribution in [0, 0.1) is 0 Å². The number of carbonyl (C=O) groups excluding carboxylic acids is 1. The van der Waals surface area contributed by atoms with Crippen molar-refractivity contribution in [1.29, 1.82) is 0 Å². The number of carbonyl (C=O) groups is 1. The van der Waals surface area contributed by atoms with E-state index < -0.39 is 32.4 Å². The monoisotopic (exact) mass is 260 g/mol. The van der Waals surface area contributed by atoms with Gasteiger partial charge in [-0.1, -0.05) is 20.8 Å². The van der Waals surface area contributed by atoms with Crippen molar-refractivity contribution in [2.45, 2.75) is 57.2 Å². The Hall–Kier alpha value is -0.198. The Balaban J connectivity index is 2.56. The summed E-state index contributed by atoms with van der Waals surface area (Å²) in [6.07, 6.45) is -2.22. The van der Waals surface area contributed by atoms with Gasteiger partial charge < -0.3 is 9.16 Å². The molecule has 0 amide bonds. The second-order valence-corrected chi connectivity index (χ2v) is 11.0. The lowest BCUT2D eigenvalue weighted by Gasteiger charge is -2.36. The Morgan fingerprint density at radius 3 is 2.35 bits per heavy atom. The molecule has 0 spiro atoms. The zero-order valence-corrected chi connectivity index (χ0v) is 12.5. The van der Waals surface area contributed by atoms with Gasteiger partial charge in [0.15, 0.2) is 20.3 Å². The molecule has 0 aromatic carbocycles. The fraction of sp³-hybridized carbons (Fsp3) is 0.909. The summed E-state index contributed by atoms with van der Waals surface area (Å²) in [7, 11) is -0.322. The highest BCUT2D eigenvalue weighted by molar-refractivity contribution is 6.74. The molecule has 1 heterocycles. The summed E-state index contributed by atoms with van der Waals surface area (Å²) < 4.78 is 24.4. The van der Waals surface area contributed by atoms with Crippen LogP contribution in [0.1, 0.15) is 20.8 Å². The van der Waals surface area contributed by atoms with Gasteiger partial charge in [-0.25, -0.2) is 4.39 Å². The number of ketones is 1. The van der Waals surface area contributed by atoms with E-state index in [1.54, 1.807) is 7.85 Å². The summed E-state index contributed by atoms with van der Waals surface area (Å²) in [5.41, 5.74) is 0. The molecular formula is C11H22BFO3Si. The molecule has 1 saturated heterocycles. The first kappa shape index (κ1) is 14.9. The molecule has 0 radical (unpaired) electrons. The first-order valence-electron chi connectivity index (χ1n) is 6.03. The van der Waals surface area contributed by atoms with E-state index in [0.29, 0.717) is 0 Å². The predicted octanol–water partition coefficient (Wildman–Crippen LogP) is 1.27. The van der Waals surface area contributed by atoms with Crippen molar-refractivity contribution in [2.24, 2.45) is 0 Å². The third-order valence-corrected chi connectivity index (χ3v) is 8.28. The zero-order valence-electron chi connectivity index (χ0n) is 11.5. The second-order valence-electron chi connectivity index (χ2n) is 6.21. The smallest absolute Gasteiger partial charge is 0.199 e. The summed E-state index contributed by atoms with van der Waals surface area (Å²) in [4.78, 5) is 11.5. The first-order valence-corrected chi connectivity index (χ1v) is 8.94. The largest absolute Gasteiger partial charge is 0.414 e. The van der Waals surface area contributed by atoms with Gasteiger partial charge in [0.1, 0.15) is 14.0 Å². The lowest BCUT2D eigenvalue weighted by Crippen LogP contribution is -2.43. The number of ether oxygens (including phenoxy) is 1. The highest BCUT2D eigenvalue weighted by atomic mass is 28.4. The topological polar surface area (TPSA) is 35.5 Å². The summed E-state index contributed by atoms with van der Waals surface area (Å²) in [6, 6.07) is -0.643. The maximum absolute atomic E-state index is 13.3. The van der Waals surface area contributed by atoms with Gasteiger partial charge >= 0.3 is 0 Å². The van der Waals surface area contributed by atoms with Gasteiger partial charge in [0.25, 0.3) is 0 Å². The highest BCUT2D eigenvalue weighted by Crippen LogP contribution is 2.37. The lowest BCUT2D eigenvalue weighted by atomic mass is 9.95. The molecule has 3 atom stereocenters. The standard InChI is InChI=1S/C11H22BFO3Si/c1-11(2,3)17(4,5)15-6-7-9(14)8(13)10(12)16-7/h7-8,10H,6,12H2,1-5H3/t7-,8-,10-/m1/s1. The summed E-state index contributed by atoms with van der Waals surface area (Å²) >= 11 is 0. The van der Waals surface area contributed by atoms with E-state index in [4.69, 9.17) is 9.16 Å². The van der Waals surface area contributed by atoms with Crippen molar-refractivity contribution in [3.05, 3.63) is 0 Å². The van der Waals surface area contributed by atoms with Crippen LogP contribution in [-0.4, -0.2) is 46.8 Å². The third kappa shape index (κ3) is 3.17. The Kier molecular flexibility index (Phi) is 4.21. The maximum Gasteiger partial charge on any atom is 0.199 e. The molecule has 1 aliphatic rings. The van der Waals surface area contributed by atoms with Crippen LogP contribution in [0.15, 0.2) is 0 Å². The second kappa shape index (κ2) is 4.82. The van der Waals surface area contributed by atoms with Crippen LogP contribution in [0.25, 0.3) is 0 Å². The van der Waals surface area contributed by atoms with E-state index in [1.165, 1.54) is 0 Å². The average Bonchev–Trinajstić information content (AvgIpc) is 2.41. The molecule has 0 N–H and O–H groups in total. The minimum atomic E-state index is -1.90. The van der Waals surface area contributed by atoms with Crippen LogP contribution in [0.2, 0.25) is 18.1 Å². The van der Waals surface area contributed by atoms with Crippen LogP contribution in [0.3, 0.4) is 0 Å². The van der Waals surface area contributed by atoms with Crippen molar-refractivity contribution in [1.82, 2.24) is 0 Å². The van der Waals surface area contributed by atoms with E-state index in [-0.39, 0.29) is 11.6 Å². The Labute approximate surface area is 105 Å². The molecule has 6 heteroatoms. The molecule has 0 aromatic rings. The Morgan fingerprint density at radius 2 is 2.00 bits per heavy atom. The van der Waals surface area contributed by atoms with E-state index in [2.05, 4.69) is 33.9 Å². The molecule has 1 rings (SSSR count).